The third kappa shape index (κ3) is 4.43. The molecule has 7 heteroatoms. The molecule has 0 atom stereocenters. The molecule has 0 saturated carbocycles. The van der Waals surface area contributed by atoms with E-state index in [4.69, 9.17) is 11.6 Å². The highest BCUT2D eigenvalue weighted by Crippen LogP contribution is 2.23. The van der Waals surface area contributed by atoms with Crippen molar-refractivity contribution in [1.82, 2.24) is 9.80 Å². The van der Waals surface area contributed by atoms with E-state index in [0.717, 1.165) is 24.0 Å². The zero-order valence-corrected chi connectivity index (χ0v) is 14.0. The number of amides is 2. The third-order valence-electron chi connectivity index (χ3n) is 3.76. The molecule has 0 unspecified atom stereocenters. The number of carbonyl (C=O) groups is 1. The van der Waals surface area contributed by atoms with E-state index in [1.165, 1.54) is 17.0 Å². The Morgan fingerprint density at radius 2 is 1.83 bits per heavy atom. The van der Waals surface area contributed by atoms with Gasteiger partial charge in [0.15, 0.2) is 0 Å². The van der Waals surface area contributed by atoms with Gasteiger partial charge in [0.1, 0.15) is 5.82 Å². The third-order valence-corrected chi connectivity index (χ3v) is 4.98. The van der Waals surface area contributed by atoms with Gasteiger partial charge in [0.05, 0.1) is 4.34 Å². The van der Waals surface area contributed by atoms with Gasteiger partial charge in [-0.1, -0.05) is 11.6 Å². The number of carbonyl (C=O) groups excluding carboxylic acids is 1. The molecular formula is C16H17ClFN3OS. The quantitative estimate of drug-likeness (QED) is 0.908. The minimum atomic E-state index is -0.315. The SMILES string of the molecule is O=C(Nc1ccc(F)cc1)N1CCN(Cc2ccc(Cl)s2)CC1. The van der Waals surface area contributed by atoms with Gasteiger partial charge in [-0.15, -0.1) is 11.3 Å². The number of nitrogens with zero attached hydrogens (tertiary/aromatic N) is 2. The first kappa shape index (κ1) is 16.2. The Labute approximate surface area is 143 Å². The second kappa shape index (κ2) is 7.29. The topological polar surface area (TPSA) is 35.6 Å². The molecule has 1 aliphatic heterocycles. The van der Waals surface area contributed by atoms with Crippen LogP contribution < -0.4 is 5.32 Å². The fourth-order valence-electron chi connectivity index (χ4n) is 2.50. The highest BCUT2D eigenvalue weighted by molar-refractivity contribution is 7.16. The molecule has 0 bridgehead atoms. The number of hydrogen-bond acceptors (Lipinski definition) is 3. The minimum Gasteiger partial charge on any atom is -0.322 e. The van der Waals surface area contributed by atoms with Crippen molar-refractivity contribution in [2.75, 3.05) is 31.5 Å². The van der Waals surface area contributed by atoms with Crippen LogP contribution in [0.1, 0.15) is 4.88 Å². The summed E-state index contributed by atoms with van der Waals surface area (Å²) in [5.41, 5.74) is 0.604. The van der Waals surface area contributed by atoms with Gasteiger partial charge in [0.25, 0.3) is 0 Å². The molecule has 0 aliphatic carbocycles. The van der Waals surface area contributed by atoms with E-state index < -0.39 is 0 Å². The molecule has 1 fully saturated rings. The van der Waals surface area contributed by atoms with Gasteiger partial charge >= 0.3 is 6.03 Å². The summed E-state index contributed by atoms with van der Waals surface area (Å²) < 4.78 is 13.7. The van der Waals surface area contributed by atoms with Gasteiger partial charge < -0.3 is 10.2 Å². The van der Waals surface area contributed by atoms with Crippen LogP contribution in [0.3, 0.4) is 0 Å². The van der Waals surface area contributed by atoms with Crippen LogP contribution >= 0.6 is 22.9 Å². The van der Waals surface area contributed by atoms with Crippen LogP contribution in [0.5, 0.6) is 0 Å². The van der Waals surface area contributed by atoms with E-state index in [2.05, 4.69) is 10.2 Å². The Hall–Kier alpha value is -1.63. The van der Waals surface area contributed by atoms with E-state index in [9.17, 15) is 9.18 Å². The zero-order chi connectivity index (χ0) is 16.2. The smallest absolute Gasteiger partial charge is 0.321 e. The first-order chi connectivity index (χ1) is 11.1. The summed E-state index contributed by atoms with van der Waals surface area (Å²) in [6.45, 7) is 3.86. The van der Waals surface area contributed by atoms with E-state index >= 15 is 0 Å². The maximum atomic E-state index is 12.9. The fraction of sp³-hybridized carbons (Fsp3) is 0.312. The molecule has 23 heavy (non-hydrogen) atoms. The Morgan fingerprint density at radius 3 is 2.43 bits per heavy atom. The van der Waals surface area contributed by atoms with Gasteiger partial charge in [-0.2, -0.15) is 0 Å². The van der Waals surface area contributed by atoms with Crippen molar-refractivity contribution in [3.63, 3.8) is 0 Å². The lowest BCUT2D eigenvalue weighted by atomic mass is 10.3. The number of rotatable bonds is 3. The largest absolute Gasteiger partial charge is 0.322 e. The van der Waals surface area contributed by atoms with Crippen molar-refractivity contribution in [2.45, 2.75) is 6.54 Å². The van der Waals surface area contributed by atoms with Gasteiger partial charge in [0.2, 0.25) is 0 Å². The average Bonchev–Trinajstić information content (AvgIpc) is 2.95. The molecular weight excluding hydrogens is 337 g/mol. The highest BCUT2D eigenvalue weighted by Gasteiger charge is 2.21. The van der Waals surface area contributed by atoms with Gasteiger partial charge in [-0.05, 0) is 36.4 Å². The molecule has 3 rings (SSSR count). The lowest BCUT2D eigenvalue weighted by Crippen LogP contribution is -2.49. The number of hydrogen-bond donors (Lipinski definition) is 1. The molecule has 1 aliphatic rings. The molecule has 2 amide bonds. The lowest BCUT2D eigenvalue weighted by molar-refractivity contribution is 0.143. The molecule has 122 valence electrons. The molecule has 1 N–H and O–H groups in total. The summed E-state index contributed by atoms with van der Waals surface area (Å²) in [6.07, 6.45) is 0. The number of benzene rings is 1. The molecule has 0 spiro atoms. The molecule has 1 aromatic carbocycles. The number of anilines is 1. The summed E-state index contributed by atoms with van der Waals surface area (Å²) in [5.74, 6) is -0.315. The van der Waals surface area contributed by atoms with Gasteiger partial charge in [-0.3, -0.25) is 4.90 Å². The van der Waals surface area contributed by atoms with Crippen LogP contribution in [0.4, 0.5) is 14.9 Å². The second-order valence-corrected chi connectivity index (χ2v) is 7.21. The van der Waals surface area contributed by atoms with E-state index in [0.29, 0.717) is 18.8 Å². The van der Waals surface area contributed by atoms with Crippen LogP contribution in [0.2, 0.25) is 4.34 Å². The summed E-state index contributed by atoms with van der Waals surface area (Å²) in [5, 5.41) is 2.79. The molecule has 1 saturated heterocycles. The number of piperazine rings is 1. The van der Waals surface area contributed by atoms with Crippen molar-refractivity contribution in [1.29, 1.82) is 0 Å². The minimum absolute atomic E-state index is 0.143. The van der Waals surface area contributed by atoms with Gasteiger partial charge in [0, 0.05) is 43.3 Å². The molecule has 2 heterocycles. The summed E-state index contributed by atoms with van der Waals surface area (Å²) in [7, 11) is 0. The number of nitrogens with one attached hydrogen (secondary N) is 1. The predicted octanol–water partition coefficient (Wildman–Crippen LogP) is 3.89. The van der Waals surface area contributed by atoms with Crippen molar-refractivity contribution < 1.29 is 9.18 Å². The lowest BCUT2D eigenvalue weighted by Gasteiger charge is -2.34. The Balaban J connectivity index is 1.48. The van der Waals surface area contributed by atoms with Crippen LogP contribution in [-0.4, -0.2) is 42.0 Å². The Bertz CT molecular complexity index is 668. The number of thiophene rings is 1. The first-order valence-corrected chi connectivity index (χ1v) is 8.58. The zero-order valence-electron chi connectivity index (χ0n) is 12.5. The first-order valence-electron chi connectivity index (χ1n) is 7.38. The number of urea groups is 1. The maximum absolute atomic E-state index is 12.9. The maximum Gasteiger partial charge on any atom is 0.321 e. The van der Waals surface area contributed by atoms with Crippen LogP contribution in [0.15, 0.2) is 36.4 Å². The van der Waals surface area contributed by atoms with Crippen molar-refractivity contribution in [3.8, 4) is 0 Å². The van der Waals surface area contributed by atoms with E-state index in [-0.39, 0.29) is 11.8 Å². The fourth-order valence-corrected chi connectivity index (χ4v) is 3.63. The van der Waals surface area contributed by atoms with E-state index in [1.807, 2.05) is 12.1 Å². The van der Waals surface area contributed by atoms with Crippen molar-refractivity contribution >= 4 is 34.7 Å². The standard InChI is InChI=1S/C16H17ClFN3OS/c17-15-6-5-14(23-15)11-20-7-9-21(10-8-20)16(22)19-13-3-1-12(18)2-4-13/h1-6H,7-11H2,(H,19,22). The van der Waals surface area contributed by atoms with Crippen LogP contribution in [0, 0.1) is 5.82 Å². The van der Waals surface area contributed by atoms with E-state index in [1.54, 1.807) is 28.4 Å². The molecule has 2 aromatic rings. The van der Waals surface area contributed by atoms with Crippen LogP contribution in [0.25, 0.3) is 0 Å². The Morgan fingerprint density at radius 1 is 1.13 bits per heavy atom. The Kier molecular flexibility index (Phi) is 5.15. The predicted molar refractivity (Wildman–Crippen MR) is 91.6 cm³/mol. The normalized spacial score (nSPS) is 15.7. The molecule has 1 aromatic heterocycles. The molecule has 4 nitrogen and oxygen atoms in total. The molecule has 0 radical (unpaired) electrons. The van der Waals surface area contributed by atoms with Crippen molar-refractivity contribution in [3.05, 3.63) is 51.4 Å². The summed E-state index contributed by atoms with van der Waals surface area (Å²) in [6, 6.07) is 9.59. The monoisotopic (exact) mass is 353 g/mol. The van der Waals surface area contributed by atoms with Crippen LogP contribution in [-0.2, 0) is 6.54 Å². The average molecular weight is 354 g/mol. The van der Waals surface area contributed by atoms with Gasteiger partial charge in [-0.25, -0.2) is 9.18 Å². The summed E-state index contributed by atoms with van der Waals surface area (Å²) >= 11 is 7.54. The summed E-state index contributed by atoms with van der Waals surface area (Å²) in [4.78, 5) is 17.5. The number of halogens is 2. The highest BCUT2D eigenvalue weighted by atomic mass is 35.5. The van der Waals surface area contributed by atoms with Crippen molar-refractivity contribution in [2.24, 2.45) is 0 Å². The second-order valence-electron chi connectivity index (χ2n) is 5.41.